The van der Waals surface area contributed by atoms with Gasteiger partial charge in [0, 0.05) is 6.20 Å². The molecule has 0 unspecified atom stereocenters. The first-order valence-corrected chi connectivity index (χ1v) is 5.63. The van der Waals surface area contributed by atoms with Gasteiger partial charge in [0.1, 0.15) is 0 Å². The zero-order valence-electron chi connectivity index (χ0n) is 9.49. The number of hydrogen-bond donors (Lipinski definition) is 2. The summed E-state index contributed by atoms with van der Waals surface area (Å²) in [6, 6.07) is 1.87. The normalized spacial score (nSPS) is 18.4. The summed E-state index contributed by atoms with van der Waals surface area (Å²) in [5.41, 5.74) is 7.15. The van der Waals surface area contributed by atoms with Crippen LogP contribution in [0.15, 0.2) is 18.5 Å². The number of hydrogen-bond acceptors (Lipinski definition) is 3. The summed E-state index contributed by atoms with van der Waals surface area (Å²) in [5.74, 6) is -0.0823. The van der Waals surface area contributed by atoms with E-state index in [9.17, 15) is 4.79 Å². The summed E-state index contributed by atoms with van der Waals surface area (Å²) < 4.78 is 0. The number of nitrogens with one attached hydrogen (secondary N) is 1. The average molecular weight is 219 g/mol. The predicted octanol–water partition coefficient (Wildman–Crippen LogP) is 1.60. The van der Waals surface area contributed by atoms with Gasteiger partial charge in [-0.3, -0.25) is 9.78 Å². The summed E-state index contributed by atoms with van der Waals surface area (Å²) in [5, 5.41) is 2.87. The highest BCUT2D eigenvalue weighted by Crippen LogP contribution is 2.28. The average Bonchev–Trinajstić information content (AvgIpc) is 2.70. The second-order valence-corrected chi connectivity index (χ2v) is 4.51. The largest absolute Gasteiger partial charge is 0.323 e. The molecule has 1 aliphatic rings. The molecule has 16 heavy (non-hydrogen) atoms. The maximum atomic E-state index is 12.0. The third kappa shape index (κ3) is 2.07. The van der Waals surface area contributed by atoms with Crippen molar-refractivity contribution >= 4 is 11.6 Å². The van der Waals surface area contributed by atoms with Crippen molar-refractivity contribution in [2.75, 3.05) is 5.32 Å². The molecule has 4 nitrogen and oxygen atoms in total. The monoisotopic (exact) mass is 219 g/mol. The minimum atomic E-state index is -0.678. The van der Waals surface area contributed by atoms with E-state index in [1.54, 1.807) is 12.4 Å². The lowest BCUT2D eigenvalue weighted by Gasteiger charge is -2.22. The number of amides is 1. The number of rotatable bonds is 2. The number of pyridine rings is 1. The van der Waals surface area contributed by atoms with Crippen LogP contribution in [-0.2, 0) is 4.79 Å². The fourth-order valence-corrected chi connectivity index (χ4v) is 2.07. The summed E-state index contributed by atoms with van der Waals surface area (Å²) in [6.07, 6.45) is 6.99. The maximum Gasteiger partial charge on any atom is 0.244 e. The van der Waals surface area contributed by atoms with Gasteiger partial charge in [0.25, 0.3) is 0 Å². The molecule has 1 aromatic rings. The Labute approximate surface area is 95.3 Å². The van der Waals surface area contributed by atoms with Gasteiger partial charge in [0.15, 0.2) is 0 Å². The molecule has 0 bridgehead atoms. The van der Waals surface area contributed by atoms with E-state index in [0.717, 1.165) is 36.9 Å². The van der Waals surface area contributed by atoms with Crippen LogP contribution in [0.4, 0.5) is 5.69 Å². The van der Waals surface area contributed by atoms with E-state index in [1.807, 2.05) is 13.0 Å². The van der Waals surface area contributed by atoms with Crippen LogP contribution in [0.2, 0.25) is 0 Å². The van der Waals surface area contributed by atoms with Crippen LogP contribution in [0, 0.1) is 6.92 Å². The van der Waals surface area contributed by atoms with Crippen LogP contribution in [0.5, 0.6) is 0 Å². The van der Waals surface area contributed by atoms with Crippen molar-refractivity contribution in [3.8, 4) is 0 Å². The number of nitrogens with two attached hydrogens (primary N) is 1. The Morgan fingerprint density at radius 3 is 2.81 bits per heavy atom. The number of anilines is 1. The van der Waals surface area contributed by atoms with Gasteiger partial charge >= 0.3 is 0 Å². The molecular weight excluding hydrogens is 202 g/mol. The van der Waals surface area contributed by atoms with Gasteiger partial charge in [-0.25, -0.2) is 0 Å². The van der Waals surface area contributed by atoms with E-state index in [0.29, 0.717) is 0 Å². The summed E-state index contributed by atoms with van der Waals surface area (Å²) >= 11 is 0. The van der Waals surface area contributed by atoms with Crippen molar-refractivity contribution in [2.24, 2.45) is 5.73 Å². The van der Waals surface area contributed by atoms with Crippen LogP contribution in [0.3, 0.4) is 0 Å². The highest BCUT2D eigenvalue weighted by molar-refractivity contribution is 5.98. The quantitative estimate of drug-likeness (QED) is 0.793. The first-order chi connectivity index (χ1) is 7.62. The van der Waals surface area contributed by atoms with E-state index < -0.39 is 5.54 Å². The molecule has 4 heteroatoms. The molecule has 1 aliphatic carbocycles. The summed E-state index contributed by atoms with van der Waals surface area (Å²) in [4.78, 5) is 16.0. The van der Waals surface area contributed by atoms with Crippen molar-refractivity contribution in [2.45, 2.75) is 38.1 Å². The molecule has 1 amide bonds. The van der Waals surface area contributed by atoms with Crippen molar-refractivity contribution in [1.29, 1.82) is 0 Å². The summed E-state index contributed by atoms with van der Waals surface area (Å²) in [7, 11) is 0. The number of carbonyl (C=O) groups is 1. The second-order valence-electron chi connectivity index (χ2n) is 4.51. The van der Waals surface area contributed by atoms with Crippen LogP contribution >= 0.6 is 0 Å². The highest BCUT2D eigenvalue weighted by Gasteiger charge is 2.37. The molecule has 1 saturated carbocycles. The van der Waals surface area contributed by atoms with E-state index in [1.165, 1.54) is 0 Å². The first kappa shape index (κ1) is 11.1. The predicted molar refractivity (Wildman–Crippen MR) is 63.0 cm³/mol. The van der Waals surface area contributed by atoms with Crippen molar-refractivity contribution in [3.05, 3.63) is 24.0 Å². The molecular formula is C12H17N3O. The Bertz CT molecular complexity index is 397. The van der Waals surface area contributed by atoms with Gasteiger partial charge in [-0.05, 0) is 31.4 Å². The zero-order chi connectivity index (χ0) is 11.6. The maximum absolute atomic E-state index is 12.0. The molecule has 0 saturated heterocycles. The molecule has 86 valence electrons. The first-order valence-electron chi connectivity index (χ1n) is 5.63. The summed E-state index contributed by atoms with van der Waals surface area (Å²) in [6.45, 7) is 1.94. The zero-order valence-corrected chi connectivity index (χ0v) is 9.49. The third-order valence-corrected chi connectivity index (χ3v) is 3.24. The van der Waals surface area contributed by atoms with Gasteiger partial charge in [-0.2, -0.15) is 0 Å². The number of aromatic nitrogens is 1. The number of carbonyl (C=O) groups excluding carboxylic acids is 1. The van der Waals surface area contributed by atoms with Gasteiger partial charge in [0.05, 0.1) is 17.4 Å². The molecule has 1 aromatic heterocycles. The molecule has 0 atom stereocenters. The van der Waals surface area contributed by atoms with E-state index >= 15 is 0 Å². The van der Waals surface area contributed by atoms with Crippen LogP contribution in [-0.4, -0.2) is 16.4 Å². The van der Waals surface area contributed by atoms with E-state index in [2.05, 4.69) is 10.3 Å². The fourth-order valence-electron chi connectivity index (χ4n) is 2.07. The minimum absolute atomic E-state index is 0.0823. The molecule has 0 radical (unpaired) electrons. The Hall–Kier alpha value is -1.42. The Morgan fingerprint density at radius 1 is 1.50 bits per heavy atom. The van der Waals surface area contributed by atoms with Crippen LogP contribution < -0.4 is 11.1 Å². The third-order valence-electron chi connectivity index (χ3n) is 3.24. The molecule has 0 aromatic carbocycles. The van der Waals surface area contributed by atoms with Gasteiger partial charge in [0.2, 0.25) is 5.91 Å². The van der Waals surface area contributed by atoms with Gasteiger partial charge in [-0.15, -0.1) is 0 Å². The van der Waals surface area contributed by atoms with Crippen LogP contribution in [0.1, 0.15) is 31.2 Å². The van der Waals surface area contributed by atoms with Crippen molar-refractivity contribution in [3.63, 3.8) is 0 Å². The number of nitrogens with zero attached hydrogens (tertiary/aromatic N) is 1. The Balaban J connectivity index is 2.10. The topological polar surface area (TPSA) is 68.0 Å². The molecule has 0 aliphatic heterocycles. The Morgan fingerprint density at radius 2 is 2.19 bits per heavy atom. The van der Waals surface area contributed by atoms with Crippen molar-refractivity contribution < 1.29 is 4.79 Å². The molecule has 2 rings (SSSR count). The number of aryl methyl sites for hydroxylation is 1. The van der Waals surface area contributed by atoms with Gasteiger partial charge < -0.3 is 11.1 Å². The SMILES string of the molecule is Cc1ccncc1NC(=O)C1(N)CCCC1. The lowest BCUT2D eigenvalue weighted by molar-refractivity contribution is -0.121. The minimum Gasteiger partial charge on any atom is -0.323 e. The molecule has 0 spiro atoms. The standard InChI is InChI=1S/C12H17N3O/c1-9-4-7-14-8-10(9)15-11(16)12(13)5-2-3-6-12/h4,7-8H,2-3,5-6,13H2,1H3,(H,15,16). The molecule has 1 fully saturated rings. The fraction of sp³-hybridized carbons (Fsp3) is 0.500. The van der Waals surface area contributed by atoms with E-state index in [4.69, 9.17) is 5.73 Å². The van der Waals surface area contributed by atoms with Crippen molar-refractivity contribution in [1.82, 2.24) is 4.98 Å². The van der Waals surface area contributed by atoms with Gasteiger partial charge in [-0.1, -0.05) is 12.8 Å². The van der Waals surface area contributed by atoms with E-state index in [-0.39, 0.29) is 5.91 Å². The highest BCUT2D eigenvalue weighted by atomic mass is 16.2. The molecule has 1 heterocycles. The molecule has 3 N–H and O–H groups in total. The lowest BCUT2D eigenvalue weighted by Crippen LogP contribution is -2.48. The second kappa shape index (κ2) is 4.22. The Kier molecular flexibility index (Phi) is 2.92. The van der Waals surface area contributed by atoms with Crippen LogP contribution in [0.25, 0.3) is 0 Å². The smallest absolute Gasteiger partial charge is 0.244 e. The lowest BCUT2D eigenvalue weighted by atomic mass is 9.98.